The molecular formula is C24H35F2N5O2S. The van der Waals surface area contributed by atoms with Crippen molar-refractivity contribution < 1.29 is 18.3 Å². The Morgan fingerprint density at radius 3 is 2.76 bits per heavy atom. The van der Waals surface area contributed by atoms with Crippen molar-refractivity contribution in [1.29, 1.82) is 0 Å². The minimum absolute atomic E-state index is 0.0555. The molecule has 7 nitrogen and oxygen atoms in total. The number of aromatic nitrogens is 3. The zero-order valence-electron chi connectivity index (χ0n) is 20.3. The van der Waals surface area contributed by atoms with Crippen LogP contribution in [-0.2, 0) is 31.2 Å². The fraction of sp³-hybridized carbons (Fsp3) is 0.708. The average Bonchev–Trinajstić information content (AvgIpc) is 3.32. The average molecular weight is 496 g/mol. The summed E-state index contributed by atoms with van der Waals surface area (Å²) in [7, 11) is 1.89. The van der Waals surface area contributed by atoms with E-state index in [0.717, 1.165) is 87.0 Å². The molecular weight excluding hydrogens is 460 g/mol. The molecule has 0 bridgehead atoms. The number of hydrogen-bond donors (Lipinski definition) is 1. The summed E-state index contributed by atoms with van der Waals surface area (Å²) in [5.41, 5.74) is 2.84. The van der Waals surface area contributed by atoms with Crippen LogP contribution < -0.4 is 10.1 Å². The van der Waals surface area contributed by atoms with Gasteiger partial charge in [0.25, 0.3) is 11.1 Å². The molecule has 4 rings (SSSR count). The molecule has 1 aliphatic carbocycles. The van der Waals surface area contributed by atoms with E-state index >= 15 is 0 Å². The fourth-order valence-electron chi connectivity index (χ4n) is 4.80. The number of carbonyl (C=O) groups excluding carboxylic acids is 1. The Bertz CT molecular complexity index is 959. The molecule has 188 valence electrons. The van der Waals surface area contributed by atoms with Crippen LogP contribution in [0.4, 0.5) is 8.78 Å². The third-order valence-corrected chi connectivity index (χ3v) is 7.88. The number of hydrogen-bond acceptors (Lipinski definition) is 6. The SMILES string of the molecule is Cc1cc(CC(=O)N[C@H]2CC[C@H](CCN3CCc4sc(OCC(C)(F)F)nc4C3)CC2)nn1C. The van der Waals surface area contributed by atoms with Crippen LogP contribution in [0.25, 0.3) is 0 Å². The lowest BCUT2D eigenvalue weighted by atomic mass is 9.84. The Morgan fingerprint density at radius 1 is 1.32 bits per heavy atom. The maximum Gasteiger partial charge on any atom is 0.278 e. The summed E-state index contributed by atoms with van der Waals surface area (Å²) >= 11 is 1.40. The van der Waals surface area contributed by atoms with Gasteiger partial charge in [-0.15, -0.1) is 0 Å². The Morgan fingerprint density at radius 2 is 2.09 bits per heavy atom. The molecule has 10 heteroatoms. The molecule has 1 aliphatic heterocycles. The molecule has 2 aromatic heterocycles. The molecule has 1 fully saturated rings. The molecule has 34 heavy (non-hydrogen) atoms. The number of thiazole rings is 1. The van der Waals surface area contributed by atoms with Crippen molar-refractivity contribution in [2.75, 3.05) is 19.7 Å². The predicted octanol–water partition coefficient (Wildman–Crippen LogP) is 3.88. The van der Waals surface area contributed by atoms with Crippen LogP contribution in [0.3, 0.4) is 0 Å². The lowest BCUT2D eigenvalue weighted by molar-refractivity contribution is -0.121. The second-order valence-electron chi connectivity index (χ2n) is 9.89. The largest absolute Gasteiger partial charge is 0.464 e. The fourth-order valence-corrected chi connectivity index (χ4v) is 5.70. The molecule has 1 amide bonds. The second kappa shape index (κ2) is 10.7. The highest BCUT2D eigenvalue weighted by atomic mass is 32.1. The number of nitrogens with one attached hydrogen (secondary N) is 1. The van der Waals surface area contributed by atoms with Crippen LogP contribution in [0.15, 0.2) is 6.07 Å². The zero-order valence-corrected chi connectivity index (χ0v) is 21.1. The van der Waals surface area contributed by atoms with E-state index in [1.54, 1.807) is 4.68 Å². The van der Waals surface area contributed by atoms with Gasteiger partial charge >= 0.3 is 0 Å². The summed E-state index contributed by atoms with van der Waals surface area (Å²) < 4.78 is 33.1. The van der Waals surface area contributed by atoms with Gasteiger partial charge in [0.05, 0.1) is 17.8 Å². The van der Waals surface area contributed by atoms with Gasteiger partial charge in [-0.3, -0.25) is 14.4 Å². The molecule has 1 N–H and O–H groups in total. The van der Waals surface area contributed by atoms with Gasteiger partial charge in [-0.25, -0.2) is 13.8 Å². The normalized spacial score (nSPS) is 21.3. The van der Waals surface area contributed by atoms with Gasteiger partial charge in [0.1, 0.15) is 0 Å². The molecule has 3 heterocycles. The molecule has 2 aliphatic rings. The van der Waals surface area contributed by atoms with E-state index in [4.69, 9.17) is 4.74 Å². The smallest absolute Gasteiger partial charge is 0.278 e. The zero-order chi connectivity index (χ0) is 24.3. The van der Waals surface area contributed by atoms with Crippen LogP contribution >= 0.6 is 11.3 Å². The molecule has 0 saturated heterocycles. The minimum Gasteiger partial charge on any atom is -0.464 e. The van der Waals surface area contributed by atoms with E-state index in [1.807, 2.05) is 20.0 Å². The number of fused-ring (bicyclic) bond motifs is 1. The first-order valence-electron chi connectivity index (χ1n) is 12.1. The summed E-state index contributed by atoms with van der Waals surface area (Å²) in [6.45, 7) is 4.95. The third-order valence-electron chi connectivity index (χ3n) is 6.81. The first-order valence-corrected chi connectivity index (χ1v) is 13.0. The van der Waals surface area contributed by atoms with E-state index in [-0.39, 0.29) is 11.9 Å². The van der Waals surface area contributed by atoms with Crippen LogP contribution in [0.1, 0.15) is 61.0 Å². The number of carbonyl (C=O) groups is 1. The minimum atomic E-state index is -2.85. The van der Waals surface area contributed by atoms with Gasteiger partial charge < -0.3 is 10.1 Å². The highest BCUT2D eigenvalue weighted by Crippen LogP contribution is 2.32. The van der Waals surface area contributed by atoms with Crippen molar-refractivity contribution in [1.82, 2.24) is 25.0 Å². The lowest BCUT2D eigenvalue weighted by Crippen LogP contribution is -2.39. The third kappa shape index (κ3) is 6.97. The maximum absolute atomic E-state index is 13.0. The van der Waals surface area contributed by atoms with Gasteiger partial charge in [-0.2, -0.15) is 5.10 Å². The van der Waals surface area contributed by atoms with E-state index in [9.17, 15) is 13.6 Å². The van der Waals surface area contributed by atoms with Gasteiger partial charge in [0.15, 0.2) is 6.61 Å². The topological polar surface area (TPSA) is 72.3 Å². The van der Waals surface area contributed by atoms with Crippen LogP contribution in [0, 0.1) is 12.8 Å². The number of amides is 1. The summed E-state index contributed by atoms with van der Waals surface area (Å²) in [6, 6.07) is 2.22. The molecule has 0 atom stereocenters. The first-order chi connectivity index (χ1) is 16.1. The highest BCUT2D eigenvalue weighted by Gasteiger charge is 2.27. The number of nitrogens with zero attached hydrogens (tertiary/aromatic N) is 4. The lowest BCUT2D eigenvalue weighted by Gasteiger charge is -2.32. The quantitative estimate of drug-likeness (QED) is 0.572. The van der Waals surface area contributed by atoms with Crippen molar-refractivity contribution in [3.05, 3.63) is 28.0 Å². The molecule has 0 aromatic carbocycles. The molecule has 0 spiro atoms. The van der Waals surface area contributed by atoms with Crippen LogP contribution in [-0.4, -0.2) is 57.2 Å². The molecule has 1 saturated carbocycles. The van der Waals surface area contributed by atoms with Gasteiger partial charge in [0, 0.05) is 43.7 Å². The first kappa shape index (κ1) is 25.0. The van der Waals surface area contributed by atoms with E-state index < -0.39 is 12.5 Å². The maximum atomic E-state index is 13.0. The number of alkyl halides is 2. The van der Waals surface area contributed by atoms with Crippen molar-refractivity contribution >= 4 is 17.2 Å². The number of aryl methyl sites for hydroxylation is 2. The summed E-state index contributed by atoms with van der Waals surface area (Å²) in [4.78, 5) is 20.4. The Kier molecular flexibility index (Phi) is 7.87. The number of ether oxygens (including phenoxy) is 1. The van der Waals surface area contributed by atoms with Gasteiger partial charge in [0.2, 0.25) is 5.91 Å². The van der Waals surface area contributed by atoms with E-state index in [2.05, 4.69) is 20.3 Å². The van der Waals surface area contributed by atoms with Crippen molar-refractivity contribution in [3.8, 4) is 5.19 Å². The predicted molar refractivity (Wildman–Crippen MR) is 127 cm³/mol. The molecule has 2 aromatic rings. The summed E-state index contributed by atoms with van der Waals surface area (Å²) in [5, 5.41) is 7.91. The van der Waals surface area contributed by atoms with Crippen LogP contribution in [0.2, 0.25) is 0 Å². The van der Waals surface area contributed by atoms with Crippen LogP contribution in [0.5, 0.6) is 5.19 Å². The van der Waals surface area contributed by atoms with Crippen molar-refractivity contribution in [2.24, 2.45) is 13.0 Å². The monoisotopic (exact) mass is 495 g/mol. The number of halogens is 2. The second-order valence-corrected chi connectivity index (χ2v) is 10.9. The summed E-state index contributed by atoms with van der Waals surface area (Å²) in [6.07, 6.45) is 6.68. The van der Waals surface area contributed by atoms with E-state index in [0.29, 0.717) is 17.5 Å². The standard InChI is InChI=1S/C24H35F2N5O2S/c1-16-12-19(29-30(16)3)13-22(32)27-18-6-4-17(5-7-18)8-10-31-11-9-21-20(14-31)28-23(34-21)33-15-24(2,25)26/h12,17-18H,4-11,13-15H2,1-3H3,(H,27,32)/t17-,18-. The van der Waals surface area contributed by atoms with Gasteiger partial charge in [-0.1, -0.05) is 11.3 Å². The Labute approximate surface area is 203 Å². The van der Waals surface area contributed by atoms with Crippen molar-refractivity contribution in [3.63, 3.8) is 0 Å². The van der Waals surface area contributed by atoms with Crippen molar-refractivity contribution in [2.45, 2.75) is 77.3 Å². The molecule has 0 unspecified atom stereocenters. The number of rotatable bonds is 9. The van der Waals surface area contributed by atoms with Gasteiger partial charge in [-0.05, 0) is 64.0 Å². The Hall–Kier alpha value is -2.07. The molecule has 0 radical (unpaired) electrons. The highest BCUT2D eigenvalue weighted by molar-refractivity contribution is 7.13. The Balaban J connectivity index is 1.15. The van der Waals surface area contributed by atoms with E-state index in [1.165, 1.54) is 11.3 Å². The summed E-state index contributed by atoms with van der Waals surface area (Å²) in [5.74, 6) is -2.12.